The number of carbonyl (C=O) groups excluding carboxylic acids is 1. The molecule has 0 aliphatic rings. The molecule has 0 atom stereocenters. The SMILES string of the molecule is Cc1ccc(-n2nnnc2/C(=C/N(C)C)C(=O)c2cccc(F)c2)cc1. The van der Waals surface area contributed by atoms with Gasteiger partial charge in [0.1, 0.15) is 5.82 Å². The van der Waals surface area contributed by atoms with Gasteiger partial charge in [0, 0.05) is 25.9 Å². The third-order valence-electron chi connectivity index (χ3n) is 3.71. The fourth-order valence-electron chi connectivity index (χ4n) is 2.48. The zero-order valence-electron chi connectivity index (χ0n) is 14.7. The molecular formula is C19H18FN5O. The van der Waals surface area contributed by atoms with Gasteiger partial charge in [-0.25, -0.2) is 4.39 Å². The van der Waals surface area contributed by atoms with Crippen LogP contribution in [0.3, 0.4) is 0 Å². The second-order valence-electron chi connectivity index (χ2n) is 6.10. The Morgan fingerprint density at radius 1 is 1.15 bits per heavy atom. The normalized spacial score (nSPS) is 11.5. The minimum absolute atomic E-state index is 0.233. The molecule has 1 heterocycles. The molecular weight excluding hydrogens is 333 g/mol. The predicted molar refractivity (Wildman–Crippen MR) is 96.3 cm³/mol. The number of carbonyl (C=O) groups is 1. The summed E-state index contributed by atoms with van der Waals surface area (Å²) in [6.07, 6.45) is 1.63. The first-order valence-corrected chi connectivity index (χ1v) is 8.00. The van der Waals surface area contributed by atoms with Crippen molar-refractivity contribution in [3.05, 3.63) is 77.5 Å². The number of ketones is 1. The van der Waals surface area contributed by atoms with E-state index < -0.39 is 5.82 Å². The number of hydrogen-bond acceptors (Lipinski definition) is 5. The average Bonchev–Trinajstić information content (AvgIpc) is 3.09. The van der Waals surface area contributed by atoms with Crippen molar-refractivity contribution >= 4 is 11.4 Å². The van der Waals surface area contributed by atoms with Crippen LogP contribution in [0.4, 0.5) is 4.39 Å². The fourth-order valence-corrected chi connectivity index (χ4v) is 2.48. The minimum atomic E-state index is -0.474. The second kappa shape index (κ2) is 7.26. The molecule has 0 N–H and O–H groups in total. The number of benzene rings is 2. The van der Waals surface area contributed by atoms with Crippen LogP contribution in [0.15, 0.2) is 54.7 Å². The Morgan fingerprint density at radius 2 is 1.88 bits per heavy atom. The molecule has 3 aromatic rings. The lowest BCUT2D eigenvalue weighted by Gasteiger charge is -2.12. The Kier molecular flexibility index (Phi) is 4.88. The number of aromatic nitrogens is 4. The predicted octanol–water partition coefficient (Wildman–Crippen LogP) is 2.90. The lowest BCUT2D eigenvalue weighted by molar-refractivity contribution is 0.105. The van der Waals surface area contributed by atoms with Gasteiger partial charge in [0.25, 0.3) is 0 Å². The topological polar surface area (TPSA) is 63.9 Å². The Labute approximate surface area is 150 Å². The Hall–Kier alpha value is -3.35. The average molecular weight is 351 g/mol. The van der Waals surface area contributed by atoms with Crippen molar-refractivity contribution in [2.75, 3.05) is 14.1 Å². The van der Waals surface area contributed by atoms with E-state index >= 15 is 0 Å². The monoisotopic (exact) mass is 351 g/mol. The molecule has 0 aliphatic carbocycles. The smallest absolute Gasteiger partial charge is 0.198 e. The minimum Gasteiger partial charge on any atom is -0.383 e. The van der Waals surface area contributed by atoms with Crippen molar-refractivity contribution < 1.29 is 9.18 Å². The maximum Gasteiger partial charge on any atom is 0.198 e. The van der Waals surface area contributed by atoms with Gasteiger partial charge in [-0.1, -0.05) is 29.8 Å². The fraction of sp³-hybridized carbons (Fsp3) is 0.158. The van der Waals surface area contributed by atoms with Gasteiger partial charge in [-0.3, -0.25) is 4.79 Å². The molecule has 1 aromatic heterocycles. The van der Waals surface area contributed by atoms with Crippen molar-refractivity contribution in [1.29, 1.82) is 0 Å². The molecule has 0 fully saturated rings. The van der Waals surface area contributed by atoms with Crippen LogP contribution in [0.1, 0.15) is 21.7 Å². The van der Waals surface area contributed by atoms with Gasteiger partial charge in [-0.15, -0.1) is 5.10 Å². The van der Waals surface area contributed by atoms with E-state index in [1.54, 1.807) is 31.3 Å². The Balaban J connectivity index is 2.09. The molecule has 0 saturated carbocycles. The number of rotatable bonds is 5. The van der Waals surface area contributed by atoms with E-state index in [9.17, 15) is 9.18 Å². The number of halogens is 1. The molecule has 0 saturated heterocycles. The summed E-state index contributed by atoms with van der Waals surface area (Å²) >= 11 is 0. The zero-order valence-corrected chi connectivity index (χ0v) is 14.7. The molecule has 0 radical (unpaired) electrons. The number of aryl methyl sites for hydroxylation is 1. The molecule has 132 valence electrons. The lowest BCUT2D eigenvalue weighted by Crippen LogP contribution is -2.13. The van der Waals surface area contributed by atoms with Crippen LogP contribution in [0.2, 0.25) is 0 Å². The molecule has 0 bridgehead atoms. The van der Waals surface area contributed by atoms with Gasteiger partial charge in [-0.2, -0.15) is 4.68 Å². The van der Waals surface area contributed by atoms with E-state index in [0.717, 1.165) is 11.3 Å². The summed E-state index contributed by atoms with van der Waals surface area (Å²) in [4.78, 5) is 14.7. The first kappa shape index (κ1) is 17.5. The molecule has 0 spiro atoms. The van der Waals surface area contributed by atoms with Crippen LogP contribution in [0.5, 0.6) is 0 Å². The number of nitrogens with zero attached hydrogens (tertiary/aromatic N) is 5. The third-order valence-corrected chi connectivity index (χ3v) is 3.71. The third kappa shape index (κ3) is 3.66. The number of tetrazole rings is 1. The summed E-state index contributed by atoms with van der Waals surface area (Å²) in [5.41, 5.74) is 2.33. The van der Waals surface area contributed by atoms with E-state index in [1.807, 2.05) is 31.2 Å². The van der Waals surface area contributed by atoms with Crippen LogP contribution >= 0.6 is 0 Å². The van der Waals surface area contributed by atoms with Gasteiger partial charge in [0.15, 0.2) is 11.6 Å². The van der Waals surface area contributed by atoms with Crippen LogP contribution in [-0.2, 0) is 0 Å². The summed E-state index contributed by atoms with van der Waals surface area (Å²) in [6, 6.07) is 13.2. The highest BCUT2D eigenvalue weighted by Crippen LogP contribution is 2.21. The Morgan fingerprint density at radius 3 is 2.54 bits per heavy atom. The highest BCUT2D eigenvalue weighted by Gasteiger charge is 2.22. The largest absolute Gasteiger partial charge is 0.383 e. The standard InChI is InChI=1S/C19H18FN5O/c1-13-7-9-16(10-8-13)25-19(21-22-23-25)17(12-24(2)3)18(26)14-5-4-6-15(20)11-14/h4-12H,1-3H3/b17-12+. The summed E-state index contributed by atoms with van der Waals surface area (Å²) in [6.45, 7) is 1.98. The van der Waals surface area contributed by atoms with Crippen molar-refractivity contribution in [3.8, 4) is 5.69 Å². The van der Waals surface area contributed by atoms with Gasteiger partial charge in [-0.05, 0) is 41.6 Å². The van der Waals surface area contributed by atoms with Crippen LogP contribution in [0, 0.1) is 12.7 Å². The summed E-state index contributed by atoms with van der Waals surface area (Å²) < 4.78 is 15.0. The van der Waals surface area contributed by atoms with E-state index in [0.29, 0.717) is 0 Å². The van der Waals surface area contributed by atoms with E-state index in [2.05, 4.69) is 15.5 Å². The maximum atomic E-state index is 13.6. The highest BCUT2D eigenvalue weighted by atomic mass is 19.1. The Bertz CT molecular complexity index is 960. The molecule has 0 amide bonds. The highest BCUT2D eigenvalue weighted by molar-refractivity contribution is 6.28. The van der Waals surface area contributed by atoms with Gasteiger partial charge in [0.2, 0.25) is 0 Å². The summed E-state index contributed by atoms with van der Waals surface area (Å²) in [5, 5.41) is 11.8. The number of Topliss-reactive ketones (excluding diaryl/α,β-unsaturated/α-hetero) is 1. The number of hydrogen-bond donors (Lipinski definition) is 0. The van der Waals surface area contributed by atoms with Crippen LogP contribution in [0.25, 0.3) is 11.3 Å². The molecule has 0 unspecified atom stereocenters. The molecule has 0 aliphatic heterocycles. The molecule has 6 nitrogen and oxygen atoms in total. The van der Waals surface area contributed by atoms with E-state index in [1.165, 1.54) is 22.9 Å². The quantitative estimate of drug-likeness (QED) is 0.522. The van der Waals surface area contributed by atoms with Gasteiger partial charge in [0.05, 0.1) is 11.3 Å². The number of allylic oxidation sites excluding steroid dienone is 1. The summed E-state index contributed by atoms with van der Waals surface area (Å²) in [7, 11) is 3.58. The molecule has 2 aromatic carbocycles. The zero-order chi connectivity index (χ0) is 18.7. The first-order chi connectivity index (χ1) is 12.5. The van der Waals surface area contributed by atoms with Crippen LogP contribution < -0.4 is 0 Å². The van der Waals surface area contributed by atoms with E-state index in [-0.39, 0.29) is 22.7 Å². The van der Waals surface area contributed by atoms with Gasteiger partial charge < -0.3 is 4.90 Å². The maximum absolute atomic E-state index is 13.6. The summed E-state index contributed by atoms with van der Waals surface area (Å²) in [5.74, 6) is -0.545. The second-order valence-corrected chi connectivity index (χ2v) is 6.10. The van der Waals surface area contributed by atoms with E-state index in [4.69, 9.17) is 0 Å². The van der Waals surface area contributed by atoms with Crippen molar-refractivity contribution in [2.45, 2.75) is 6.92 Å². The van der Waals surface area contributed by atoms with Crippen molar-refractivity contribution in [3.63, 3.8) is 0 Å². The van der Waals surface area contributed by atoms with Crippen LogP contribution in [-0.4, -0.2) is 45.0 Å². The van der Waals surface area contributed by atoms with Gasteiger partial charge >= 0.3 is 0 Å². The molecule has 26 heavy (non-hydrogen) atoms. The lowest BCUT2D eigenvalue weighted by atomic mass is 10.0. The first-order valence-electron chi connectivity index (χ1n) is 8.00. The molecule has 3 rings (SSSR count). The van der Waals surface area contributed by atoms with Crippen molar-refractivity contribution in [2.24, 2.45) is 0 Å². The molecule has 7 heteroatoms. The van der Waals surface area contributed by atoms with Crippen molar-refractivity contribution in [1.82, 2.24) is 25.1 Å².